The molecular weight excluding hydrogens is 379 g/mol. The molecule has 3 rings (SSSR count). The number of rotatable bonds is 6. The van der Waals surface area contributed by atoms with Crippen molar-refractivity contribution < 1.29 is 17.6 Å². The van der Waals surface area contributed by atoms with E-state index in [2.05, 4.69) is 5.32 Å². The Bertz CT molecular complexity index is 1070. The summed E-state index contributed by atoms with van der Waals surface area (Å²) in [6.45, 7) is 0.217. The lowest BCUT2D eigenvalue weighted by atomic mass is 10.2. The van der Waals surface area contributed by atoms with Gasteiger partial charge in [-0.3, -0.25) is 4.79 Å². The normalized spacial score (nSPS) is 11.4. The maximum Gasteiger partial charge on any atom is 0.255 e. The van der Waals surface area contributed by atoms with Crippen LogP contribution in [-0.2, 0) is 16.6 Å². The molecule has 0 aliphatic rings. The van der Waals surface area contributed by atoms with Crippen LogP contribution in [-0.4, -0.2) is 25.7 Å². The highest BCUT2D eigenvalue weighted by atomic mass is 32.2. The van der Waals surface area contributed by atoms with E-state index in [1.165, 1.54) is 59.9 Å². The molecule has 0 aliphatic heterocycles. The summed E-state index contributed by atoms with van der Waals surface area (Å²) in [5.74, 6) is -0.887. The number of hydrogen-bond acceptors (Lipinski definition) is 3. The van der Waals surface area contributed by atoms with E-state index in [0.717, 1.165) is 5.56 Å². The minimum atomic E-state index is -3.77. The third-order valence-electron chi connectivity index (χ3n) is 4.15. The summed E-state index contributed by atoms with van der Waals surface area (Å²) in [5.41, 5.74) is 1.47. The Hall–Kier alpha value is -3.03. The second kappa shape index (κ2) is 8.33. The Morgan fingerprint density at radius 3 is 2.32 bits per heavy atom. The molecule has 0 saturated heterocycles. The molecule has 3 aromatic rings. The minimum Gasteiger partial charge on any atom is -0.322 e. The van der Waals surface area contributed by atoms with Crippen LogP contribution in [0, 0.1) is 5.82 Å². The molecule has 3 aromatic carbocycles. The SMILES string of the molecule is CN(Cc1ccccc1)S(=O)(=O)c1cccc(C(=O)Nc2ccc(F)cc2)c1. The van der Waals surface area contributed by atoms with Gasteiger partial charge in [-0.25, -0.2) is 12.8 Å². The molecule has 0 saturated carbocycles. The zero-order valence-corrected chi connectivity index (χ0v) is 16.0. The standard InChI is InChI=1S/C21H19FN2O3S/c1-24(15-16-6-3-2-4-7-16)28(26,27)20-9-5-8-17(14-20)21(25)23-19-12-10-18(22)11-13-19/h2-14H,15H2,1H3,(H,23,25). The minimum absolute atomic E-state index is 0.0256. The third-order valence-corrected chi connectivity index (χ3v) is 5.95. The molecule has 5 nitrogen and oxygen atoms in total. The Morgan fingerprint density at radius 2 is 1.64 bits per heavy atom. The Labute approximate surface area is 163 Å². The van der Waals surface area contributed by atoms with Crippen molar-refractivity contribution in [2.45, 2.75) is 11.4 Å². The highest BCUT2D eigenvalue weighted by Gasteiger charge is 2.22. The number of sulfonamides is 1. The molecule has 0 aromatic heterocycles. The van der Waals surface area contributed by atoms with Crippen LogP contribution in [0.1, 0.15) is 15.9 Å². The van der Waals surface area contributed by atoms with Gasteiger partial charge in [0, 0.05) is 24.8 Å². The molecule has 144 valence electrons. The van der Waals surface area contributed by atoms with E-state index in [9.17, 15) is 17.6 Å². The van der Waals surface area contributed by atoms with Crippen LogP contribution in [0.2, 0.25) is 0 Å². The molecular formula is C21H19FN2O3S. The zero-order chi connectivity index (χ0) is 20.1. The first-order valence-electron chi connectivity index (χ1n) is 8.53. The fraction of sp³-hybridized carbons (Fsp3) is 0.0952. The largest absolute Gasteiger partial charge is 0.322 e. The van der Waals surface area contributed by atoms with Crippen LogP contribution < -0.4 is 5.32 Å². The number of hydrogen-bond donors (Lipinski definition) is 1. The average Bonchev–Trinajstić information content (AvgIpc) is 2.70. The summed E-state index contributed by atoms with van der Waals surface area (Å²) in [6.07, 6.45) is 0. The number of anilines is 1. The fourth-order valence-electron chi connectivity index (χ4n) is 2.64. The quantitative estimate of drug-likeness (QED) is 0.685. The molecule has 0 heterocycles. The van der Waals surface area contributed by atoms with Gasteiger partial charge < -0.3 is 5.32 Å². The van der Waals surface area contributed by atoms with Crippen LogP contribution in [0.25, 0.3) is 0 Å². The van der Waals surface area contributed by atoms with Gasteiger partial charge in [0.05, 0.1) is 4.90 Å². The van der Waals surface area contributed by atoms with E-state index >= 15 is 0 Å². The summed E-state index contributed by atoms with van der Waals surface area (Å²) < 4.78 is 39.9. The van der Waals surface area contributed by atoms with E-state index in [4.69, 9.17) is 0 Å². The summed E-state index contributed by atoms with van der Waals surface area (Å²) in [6, 6.07) is 20.4. The van der Waals surface area contributed by atoms with Gasteiger partial charge in [0.1, 0.15) is 5.82 Å². The van der Waals surface area contributed by atoms with Crippen molar-refractivity contribution in [1.82, 2.24) is 4.31 Å². The molecule has 1 N–H and O–H groups in total. The molecule has 0 radical (unpaired) electrons. The van der Waals surface area contributed by atoms with Gasteiger partial charge in [-0.1, -0.05) is 36.4 Å². The van der Waals surface area contributed by atoms with E-state index in [1.807, 2.05) is 30.3 Å². The Kier molecular flexibility index (Phi) is 5.87. The summed E-state index contributed by atoms with van der Waals surface area (Å²) in [4.78, 5) is 12.5. The lowest BCUT2D eigenvalue weighted by Crippen LogP contribution is -2.26. The summed E-state index contributed by atoms with van der Waals surface area (Å²) >= 11 is 0. The molecule has 0 aliphatic carbocycles. The van der Waals surface area contributed by atoms with E-state index in [1.54, 1.807) is 0 Å². The number of nitrogens with one attached hydrogen (secondary N) is 1. The predicted octanol–water partition coefficient (Wildman–Crippen LogP) is 3.90. The number of halogens is 1. The highest BCUT2D eigenvalue weighted by Crippen LogP contribution is 2.19. The highest BCUT2D eigenvalue weighted by molar-refractivity contribution is 7.89. The molecule has 0 spiro atoms. The van der Waals surface area contributed by atoms with Gasteiger partial charge in [0.15, 0.2) is 0 Å². The first kappa shape index (κ1) is 19.7. The molecule has 28 heavy (non-hydrogen) atoms. The van der Waals surface area contributed by atoms with Crippen molar-refractivity contribution in [3.8, 4) is 0 Å². The van der Waals surface area contributed by atoms with Crippen molar-refractivity contribution in [3.63, 3.8) is 0 Å². The topological polar surface area (TPSA) is 66.5 Å². The second-order valence-electron chi connectivity index (χ2n) is 6.24. The maximum absolute atomic E-state index is 13.0. The van der Waals surface area contributed by atoms with Crippen LogP contribution in [0.15, 0.2) is 83.8 Å². The van der Waals surface area contributed by atoms with Crippen LogP contribution >= 0.6 is 0 Å². The average molecular weight is 398 g/mol. The van der Waals surface area contributed by atoms with Crippen molar-refractivity contribution >= 4 is 21.6 Å². The predicted molar refractivity (Wildman–Crippen MR) is 106 cm³/mol. The van der Waals surface area contributed by atoms with Gasteiger partial charge >= 0.3 is 0 Å². The third kappa shape index (κ3) is 4.62. The second-order valence-corrected chi connectivity index (χ2v) is 8.28. The van der Waals surface area contributed by atoms with Crippen LogP contribution in [0.5, 0.6) is 0 Å². The van der Waals surface area contributed by atoms with Crippen molar-refractivity contribution in [3.05, 3.63) is 95.8 Å². The van der Waals surface area contributed by atoms with E-state index < -0.39 is 21.7 Å². The molecule has 0 bridgehead atoms. The van der Waals surface area contributed by atoms with Gasteiger partial charge in [-0.2, -0.15) is 4.31 Å². The van der Waals surface area contributed by atoms with E-state index in [-0.39, 0.29) is 17.0 Å². The lowest BCUT2D eigenvalue weighted by molar-refractivity contribution is 0.102. The summed E-state index contributed by atoms with van der Waals surface area (Å²) in [7, 11) is -2.27. The smallest absolute Gasteiger partial charge is 0.255 e. The Balaban J connectivity index is 1.79. The lowest BCUT2D eigenvalue weighted by Gasteiger charge is -2.17. The molecule has 0 fully saturated rings. The number of amides is 1. The van der Waals surface area contributed by atoms with Crippen LogP contribution in [0.4, 0.5) is 10.1 Å². The van der Waals surface area contributed by atoms with E-state index in [0.29, 0.717) is 5.69 Å². The molecule has 7 heteroatoms. The van der Waals surface area contributed by atoms with Gasteiger partial charge in [-0.05, 0) is 48.0 Å². The fourth-order valence-corrected chi connectivity index (χ4v) is 3.85. The first-order chi connectivity index (χ1) is 13.4. The van der Waals surface area contributed by atoms with Crippen molar-refractivity contribution in [1.29, 1.82) is 0 Å². The Morgan fingerprint density at radius 1 is 0.964 bits per heavy atom. The number of carbonyl (C=O) groups is 1. The maximum atomic E-state index is 13.0. The van der Waals surface area contributed by atoms with Gasteiger partial charge in [0.25, 0.3) is 5.91 Å². The molecule has 1 amide bonds. The van der Waals surface area contributed by atoms with Crippen LogP contribution in [0.3, 0.4) is 0 Å². The molecule has 0 unspecified atom stereocenters. The number of carbonyl (C=O) groups excluding carboxylic acids is 1. The number of benzene rings is 3. The first-order valence-corrected chi connectivity index (χ1v) is 9.97. The van der Waals surface area contributed by atoms with Gasteiger partial charge in [0.2, 0.25) is 10.0 Å². The van der Waals surface area contributed by atoms with Crippen molar-refractivity contribution in [2.24, 2.45) is 0 Å². The van der Waals surface area contributed by atoms with Gasteiger partial charge in [-0.15, -0.1) is 0 Å². The monoisotopic (exact) mass is 398 g/mol. The van der Waals surface area contributed by atoms with Crippen molar-refractivity contribution in [2.75, 3.05) is 12.4 Å². The number of nitrogens with zero attached hydrogens (tertiary/aromatic N) is 1. The zero-order valence-electron chi connectivity index (χ0n) is 15.2. The molecule has 0 atom stereocenters. The summed E-state index contributed by atoms with van der Waals surface area (Å²) in [5, 5.41) is 2.62.